The Morgan fingerprint density at radius 2 is 2.17 bits per heavy atom. The standard InChI is InChI=1S/C9H5ClO2/c10-8-2-1-6-3-4-12-9(6)7(8)5-11/h1-5H. The highest BCUT2D eigenvalue weighted by Crippen LogP contribution is 2.25. The Morgan fingerprint density at radius 3 is 2.92 bits per heavy atom. The number of fused-ring (bicyclic) bond motifs is 1. The van der Waals surface area contributed by atoms with Crippen LogP contribution in [0, 0.1) is 0 Å². The van der Waals surface area contributed by atoms with Crippen LogP contribution in [0.5, 0.6) is 0 Å². The summed E-state index contributed by atoms with van der Waals surface area (Å²) in [5.74, 6) is 0. The monoisotopic (exact) mass is 180 g/mol. The molecular weight excluding hydrogens is 176 g/mol. The molecule has 0 atom stereocenters. The summed E-state index contributed by atoms with van der Waals surface area (Å²) in [6.07, 6.45) is 2.24. The second-order valence-electron chi connectivity index (χ2n) is 2.42. The number of hydrogen-bond donors (Lipinski definition) is 0. The van der Waals surface area contributed by atoms with Crippen molar-refractivity contribution >= 4 is 28.9 Å². The number of hydrogen-bond acceptors (Lipinski definition) is 2. The van der Waals surface area contributed by atoms with Crippen molar-refractivity contribution in [3.05, 3.63) is 35.0 Å². The normalized spacial score (nSPS) is 10.4. The van der Waals surface area contributed by atoms with Gasteiger partial charge in [0.2, 0.25) is 0 Å². The molecule has 0 N–H and O–H groups in total. The quantitative estimate of drug-likeness (QED) is 0.632. The van der Waals surface area contributed by atoms with Gasteiger partial charge < -0.3 is 4.42 Å². The molecular formula is C9H5ClO2. The Bertz CT molecular complexity index is 431. The van der Waals surface area contributed by atoms with Crippen LogP contribution in [0.25, 0.3) is 11.0 Å². The van der Waals surface area contributed by atoms with Gasteiger partial charge in [-0.3, -0.25) is 4.79 Å². The average Bonchev–Trinajstić information content (AvgIpc) is 2.52. The maximum atomic E-state index is 10.6. The molecule has 0 aliphatic rings. The molecule has 60 valence electrons. The number of halogens is 1. The van der Waals surface area contributed by atoms with E-state index in [-0.39, 0.29) is 0 Å². The highest BCUT2D eigenvalue weighted by atomic mass is 35.5. The van der Waals surface area contributed by atoms with Crippen molar-refractivity contribution in [2.24, 2.45) is 0 Å². The lowest BCUT2D eigenvalue weighted by molar-refractivity contribution is 0.112. The average molecular weight is 181 g/mol. The lowest BCUT2D eigenvalue weighted by Gasteiger charge is -1.95. The molecule has 0 fully saturated rings. The van der Waals surface area contributed by atoms with E-state index in [0.29, 0.717) is 22.5 Å². The van der Waals surface area contributed by atoms with Crippen LogP contribution < -0.4 is 0 Å². The SMILES string of the molecule is O=Cc1c(Cl)ccc2ccoc12. The van der Waals surface area contributed by atoms with Crippen LogP contribution in [0.1, 0.15) is 10.4 Å². The van der Waals surface area contributed by atoms with E-state index in [9.17, 15) is 4.79 Å². The zero-order chi connectivity index (χ0) is 8.55. The molecule has 3 heteroatoms. The Kier molecular flexibility index (Phi) is 1.62. The minimum absolute atomic E-state index is 0.416. The van der Waals surface area contributed by atoms with Crippen molar-refractivity contribution in [3.63, 3.8) is 0 Å². The van der Waals surface area contributed by atoms with Crippen LogP contribution in [0.2, 0.25) is 5.02 Å². The molecule has 0 spiro atoms. The van der Waals surface area contributed by atoms with Crippen LogP contribution in [-0.2, 0) is 0 Å². The number of benzene rings is 1. The van der Waals surface area contributed by atoms with Crippen LogP contribution in [0.15, 0.2) is 28.9 Å². The van der Waals surface area contributed by atoms with Gasteiger partial charge in [0.05, 0.1) is 16.8 Å². The number of aldehydes is 1. The van der Waals surface area contributed by atoms with Crippen LogP contribution >= 0.6 is 11.6 Å². The van der Waals surface area contributed by atoms with Gasteiger partial charge in [0.25, 0.3) is 0 Å². The van der Waals surface area contributed by atoms with E-state index in [1.807, 2.05) is 6.07 Å². The molecule has 0 amide bonds. The van der Waals surface area contributed by atoms with Crippen molar-refractivity contribution in [1.82, 2.24) is 0 Å². The highest BCUT2D eigenvalue weighted by molar-refractivity contribution is 6.34. The topological polar surface area (TPSA) is 30.2 Å². The number of carbonyl (C=O) groups excluding carboxylic acids is 1. The first-order chi connectivity index (χ1) is 5.83. The third-order valence-electron chi connectivity index (χ3n) is 1.72. The van der Waals surface area contributed by atoms with Crippen LogP contribution in [-0.4, -0.2) is 6.29 Å². The molecule has 2 rings (SSSR count). The van der Waals surface area contributed by atoms with E-state index in [1.165, 1.54) is 6.26 Å². The predicted molar refractivity (Wildman–Crippen MR) is 46.6 cm³/mol. The van der Waals surface area contributed by atoms with Gasteiger partial charge in [0, 0.05) is 5.39 Å². The summed E-state index contributed by atoms with van der Waals surface area (Å²) in [6.45, 7) is 0. The van der Waals surface area contributed by atoms with Gasteiger partial charge in [0.1, 0.15) is 5.58 Å². The molecule has 0 aliphatic heterocycles. The maximum absolute atomic E-state index is 10.6. The van der Waals surface area contributed by atoms with Crippen molar-refractivity contribution in [2.45, 2.75) is 0 Å². The summed E-state index contributed by atoms with van der Waals surface area (Å²) < 4.78 is 5.11. The Labute approximate surface area is 73.7 Å². The molecule has 1 aromatic carbocycles. The van der Waals surface area contributed by atoms with Crippen molar-refractivity contribution < 1.29 is 9.21 Å². The lowest BCUT2D eigenvalue weighted by Crippen LogP contribution is -1.81. The zero-order valence-electron chi connectivity index (χ0n) is 6.08. The Morgan fingerprint density at radius 1 is 1.33 bits per heavy atom. The molecule has 0 radical (unpaired) electrons. The van der Waals surface area contributed by atoms with Crippen LogP contribution in [0.4, 0.5) is 0 Å². The van der Waals surface area contributed by atoms with Crippen molar-refractivity contribution in [1.29, 1.82) is 0 Å². The fraction of sp³-hybridized carbons (Fsp3) is 0. The van der Waals surface area contributed by atoms with Gasteiger partial charge in [-0.25, -0.2) is 0 Å². The molecule has 1 heterocycles. The van der Waals surface area contributed by atoms with E-state index in [0.717, 1.165) is 5.39 Å². The van der Waals surface area contributed by atoms with E-state index in [4.69, 9.17) is 16.0 Å². The van der Waals surface area contributed by atoms with Crippen molar-refractivity contribution in [2.75, 3.05) is 0 Å². The fourth-order valence-corrected chi connectivity index (χ4v) is 1.33. The minimum atomic E-state index is 0.416. The molecule has 1 aromatic heterocycles. The van der Waals surface area contributed by atoms with E-state index >= 15 is 0 Å². The predicted octanol–water partition coefficient (Wildman–Crippen LogP) is 2.90. The van der Waals surface area contributed by atoms with E-state index in [2.05, 4.69) is 0 Å². The first-order valence-corrected chi connectivity index (χ1v) is 3.81. The van der Waals surface area contributed by atoms with Gasteiger partial charge in [0.15, 0.2) is 6.29 Å². The maximum Gasteiger partial charge on any atom is 0.155 e. The van der Waals surface area contributed by atoms with Crippen molar-refractivity contribution in [3.8, 4) is 0 Å². The first kappa shape index (κ1) is 7.37. The molecule has 2 nitrogen and oxygen atoms in total. The molecule has 0 unspecified atom stereocenters. The molecule has 0 bridgehead atoms. The number of rotatable bonds is 1. The molecule has 12 heavy (non-hydrogen) atoms. The summed E-state index contributed by atoms with van der Waals surface area (Å²) >= 11 is 5.77. The second kappa shape index (κ2) is 2.64. The van der Waals surface area contributed by atoms with E-state index in [1.54, 1.807) is 12.1 Å². The minimum Gasteiger partial charge on any atom is -0.464 e. The summed E-state index contributed by atoms with van der Waals surface area (Å²) in [6, 6.07) is 5.29. The van der Waals surface area contributed by atoms with Gasteiger partial charge in [-0.1, -0.05) is 11.6 Å². The van der Waals surface area contributed by atoms with Crippen LogP contribution in [0.3, 0.4) is 0 Å². The fourth-order valence-electron chi connectivity index (χ4n) is 1.14. The molecule has 2 aromatic rings. The molecule has 0 aliphatic carbocycles. The summed E-state index contributed by atoms with van der Waals surface area (Å²) in [5.41, 5.74) is 0.969. The Hall–Kier alpha value is -1.28. The number of carbonyl (C=O) groups is 1. The second-order valence-corrected chi connectivity index (χ2v) is 2.83. The van der Waals surface area contributed by atoms with Gasteiger partial charge in [-0.2, -0.15) is 0 Å². The number of furan rings is 1. The smallest absolute Gasteiger partial charge is 0.155 e. The third kappa shape index (κ3) is 0.924. The highest BCUT2D eigenvalue weighted by Gasteiger charge is 2.06. The first-order valence-electron chi connectivity index (χ1n) is 3.44. The van der Waals surface area contributed by atoms with E-state index < -0.39 is 0 Å². The van der Waals surface area contributed by atoms with Gasteiger partial charge in [-0.05, 0) is 18.2 Å². The third-order valence-corrected chi connectivity index (χ3v) is 2.05. The molecule has 0 saturated carbocycles. The zero-order valence-corrected chi connectivity index (χ0v) is 6.84. The summed E-state index contributed by atoms with van der Waals surface area (Å²) in [4.78, 5) is 10.6. The van der Waals surface area contributed by atoms with Gasteiger partial charge in [-0.15, -0.1) is 0 Å². The largest absolute Gasteiger partial charge is 0.464 e. The summed E-state index contributed by atoms with van der Waals surface area (Å²) in [7, 11) is 0. The molecule has 0 saturated heterocycles. The Balaban J connectivity index is 2.91. The van der Waals surface area contributed by atoms with Gasteiger partial charge >= 0.3 is 0 Å². The lowest BCUT2D eigenvalue weighted by atomic mass is 10.2. The summed E-state index contributed by atoms with van der Waals surface area (Å²) in [5, 5.41) is 1.31.